The first-order valence-electron chi connectivity index (χ1n) is 13.7. The van der Waals surface area contributed by atoms with Crippen LogP contribution in [0.15, 0.2) is 23.5 Å². The van der Waals surface area contributed by atoms with Crippen LogP contribution in [0.25, 0.3) is 0 Å². The lowest BCUT2D eigenvalue weighted by Gasteiger charge is -2.26. The van der Waals surface area contributed by atoms with Crippen LogP contribution in [-0.2, 0) is 33.3 Å². The summed E-state index contributed by atoms with van der Waals surface area (Å²) in [5.41, 5.74) is 1.13. The molecule has 1 rings (SSSR count). The molecule has 206 valence electrons. The molecule has 0 amide bonds. The summed E-state index contributed by atoms with van der Waals surface area (Å²) >= 11 is 0. The lowest BCUT2D eigenvalue weighted by molar-refractivity contribution is -0.144. The van der Waals surface area contributed by atoms with Gasteiger partial charge in [-0.25, -0.2) is 0 Å². The minimum Gasteiger partial charge on any atom is -0.469 e. The number of rotatable bonds is 18. The molecule has 0 aromatic heterocycles. The smallest absolute Gasteiger partial charge is 0.307 e. The molecule has 0 saturated heterocycles. The molecule has 0 spiro atoms. The molecule has 1 aliphatic rings. The Morgan fingerprint density at radius 1 is 1.00 bits per heavy atom. The molecule has 0 N–H and O–H groups in total. The number of methoxy groups -OCH3 is 1. The number of ether oxygens (including phenoxy) is 4. The van der Waals surface area contributed by atoms with E-state index in [1.165, 1.54) is 21.0 Å². The predicted molar refractivity (Wildman–Crippen MR) is 140 cm³/mol. The van der Waals surface area contributed by atoms with Crippen LogP contribution in [0.2, 0.25) is 0 Å². The van der Waals surface area contributed by atoms with Crippen LogP contribution in [0.5, 0.6) is 0 Å². The number of hydrogen-bond acceptors (Lipinski definition) is 7. The number of carbonyl (C=O) groups is 3. The molecule has 7 heteroatoms. The van der Waals surface area contributed by atoms with E-state index >= 15 is 0 Å². The van der Waals surface area contributed by atoms with Gasteiger partial charge in [0.1, 0.15) is 11.9 Å². The zero-order valence-electron chi connectivity index (χ0n) is 23.3. The first kappa shape index (κ1) is 31.9. The monoisotopic (exact) mass is 508 g/mol. The fourth-order valence-electron chi connectivity index (χ4n) is 4.89. The summed E-state index contributed by atoms with van der Waals surface area (Å²) in [5, 5.41) is 0. The van der Waals surface area contributed by atoms with Gasteiger partial charge in [0.15, 0.2) is 0 Å². The average Bonchev–Trinajstić information content (AvgIpc) is 3.15. The van der Waals surface area contributed by atoms with Crippen molar-refractivity contribution in [2.24, 2.45) is 11.8 Å². The zero-order chi connectivity index (χ0) is 26.9. The van der Waals surface area contributed by atoms with Crippen LogP contribution in [0.1, 0.15) is 105 Å². The Labute approximate surface area is 218 Å². The molecule has 7 nitrogen and oxygen atoms in total. The minimum atomic E-state index is -0.314. The fraction of sp³-hybridized carbons (Fsp3) is 0.759. The number of carbonyl (C=O) groups excluding carboxylic acids is 3. The Kier molecular flexibility index (Phi) is 16.1. The minimum absolute atomic E-state index is 0.0139. The largest absolute Gasteiger partial charge is 0.469 e. The van der Waals surface area contributed by atoms with E-state index in [4.69, 9.17) is 18.9 Å². The molecule has 0 fully saturated rings. The average molecular weight is 509 g/mol. The van der Waals surface area contributed by atoms with Gasteiger partial charge >= 0.3 is 17.9 Å². The van der Waals surface area contributed by atoms with Gasteiger partial charge in [-0.15, -0.1) is 0 Å². The van der Waals surface area contributed by atoms with Gasteiger partial charge in [0.05, 0.1) is 13.2 Å². The number of unbranched alkanes of at least 4 members (excludes halogenated alkanes) is 5. The second-order valence-electron chi connectivity index (χ2n) is 9.62. The van der Waals surface area contributed by atoms with E-state index in [9.17, 15) is 14.4 Å². The Bertz CT molecular complexity index is 740. The standard InChI is InChI=1S/C29H48O7/c1-7-9-12-15-24(35-22(4)30)18-19-25-26(16-13-10-11-14-17-29(32)33-6)28(36-23(5)31)20-27(25)21(3)34-8-2/h18-19,21,24-25,27H,7-17,20H2,1-6H3/b19-18+/t21?,24-,25-,27-/m1/s1. The first-order valence-corrected chi connectivity index (χ1v) is 13.7. The summed E-state index contributed by atoms with van der Waals surface area (Å²) in [6.45, 7) is 9.70. The maximum Gasteiger partial charge on any atom is 0.307 e. The van der Waals surface area contributed by atoms with Gasteiger partial charge in [-0.1, -0.05) is 38.7 Å². The first-order chi connectivity index (χ1) is 17.2. The maximum absolute atomic E-state index is 11.9. The molecule has 0 bridgehead atoms. The second-order valence-corrected chi connectivity index (χ2v) is 9.62. The van der Waals surface area contributed by atoms with E-state index in [-0.39, 0.29) is 42.0 Å². The van der Waals surface area contributed by atoms with Crippen LogP contribution in [0, 0.1) is 11.8 Å². The lowest BCUT2D eigenvalue weighted by Crippen LogP contribution is -2.25. The van der Waals surface area contributed by atoms with Crippen molar-refractivity contribution in [1.29, 1.82) is 0 Å². The lowest BCUT2D eigenvalue weighted by atomic mass is 9.84. The Balaban J connectivity index is 3.06. The summed E-state index contributed by atoms with van der Waals surface area (Å²) < 4.78 is 22.0. The SMILES string of the molecule is CCCCC[C@H](/C=C/[C@@H]1C(CCCCCCC(=O)OC)=C(OC(C)=O)C[C@@H]1C(C)OCC)OC(C)=O. The van der Waals surface area contributed by atoms with Gasteiger partial charge in [0.25, 0.3) is 0 Å². The Hall–Kier alpha value is -2.15. The number of hydrogen-bond donors (Lipinski definition) is 0. The fourth-order valence-corrected chi connectivity index (χ4v) is 4.89. The highest BCUT2D eigenvalue weighted by Crippen LogP contribution is 2.44. The highest BCUT2D eigenvalue weighted by atomic mass is 16.5. The molecule has 0 aliphatic heterocycles. The van der Waals surface area contributed by atoms with Crippen molar-refractivity contribution in [3.8, 4) is 0 Å². The Morgan fingerprint density at radius 3 is 2.33 bits per heavy atom. The molecular formula is C29H48O7. The second kappa shape index (κ2) is 18.1. The van der Waals surface area contributed by atoms with Crippen LogP contribution >= 0.6 is 0 Å². The van der Waals surface area contributed by atoms with Gasteiger partial charge < -0.3 is 18.9 Å². The topological polar surface area (TPSA) is 88.1 Å². The van der Waals surface area contributed by atoms with Crippen molar-refractivity contribution in [1.82, 2.24) is 0 Å². The number of allylic oxidation sites excluding steroid dienone is 3. The van der Waals surface area contributed by atoms with Crippen LogP contribution < -0.4 is 0 Å². The third-order valence-corrected chi connectivity index (χ3v) is 6.69. The molecule has 4 atom stereocenters. The maximum atomic E-state index is 11.9. The summed E-state index contributed by atoms with van der Waals surface area (Å²) in [7, 11) is 1.41. The molecule has 0 heterocycles. The van der Waals surface area contributed by atoms with Gasteiger partial charge in [0, 0.05) is 45.1 Å². The van der Waals surface area contributed by atoms with Crippen LogP contribution in [0.4, 0.5) is 0 Å². The van der Waals surface area contributed by atoms with Gasteiger partial charge in [-0.05, 0) is 57.6 Å². The van der Waals surface area contributed by atoms with Gasteiger partial charge in [-0.3, -0.25) is 14.4 Å². The highest BCUT2D eigenvalue weighted by Gasteiger charge is 2.38. The van der Waals surface area contributed by atoms with Crippen molar-refractivity contribution in [3.63, 3.8) is 0 Å². The molecule has 0 aromatic carbocycles. The van der Waals surface area contributed by atoms with Crippen molar-refractivity contribution in [2.75, 3.05) is 13.7 Å². The van der Waals surface area contributed by atoms with Crippen molar-refractivity contribution in [2.45, 2.75) is 117 Å². The molecule has 0 saturated carbocycles. The van der Waals surface area contributed by atoms with E-state index in [1.807, 2.05) is 13.0 Å². The highest BCUT2D eigenvalue weighted by molar-refractivity contribution is 5.69. The zero-order valence-corrected chi connectivity index (χ0v) is 23.3. The third kappa shape index (κ3) is 12.2. The van der Waals surface area contributed by atoms with E-state index in [2.05, 4.69) is 19.9 Å². The molecule has 1 unspecified atom stereocenters. The van der Waals surface area contributed by atoms with E-state index in [0.717, 1.165) is 69.1 Å². The van der Waals surface area contributed by atoms with Crippen molar-refractivity contribution in [3.05, 3.63) is 23.5 Å². The molecule has 0 radical (unpaired) electrons. The molecular weight excluding hydrogens is 460 g/mol. The summed E-state index contributed by atoms with van der Waals surface area (Å²) in [4.78, 5) is 34.9. The quantitative estimate of drug-likeness (QED) is 0.0910. The summed E-state index contributed by atoms with van der Waals surface area (Å²) in [6.07, 6.45) is 13.4. The normalized spacial score (nSPS) is 19.4. The van der Waals surface area contributed by atoms with E-state index in [1.54, 1.807) is 0 Å². The summed E-state index contributed by atoms with van der Waals surface area (Å²) in [6, 6.07) is 0. The van der Waals surface area contributed by atoms with E-state index in [0.29, 0.717) is 19.4 Å². The number of esters is 3. The Morgan fingerprint density at radius 2 is 1.72 bits per heavy atom. The van der Waals surface area contributed by atoms with Gasteiger partial charge in [0.2, 0.25) is 0 Å². The molecule has 1 aliphatic carbocycles. The van der Waals surface area contributed by atoms with Crippen molar-refractivity contribution >= 4 is 17.9 Å². The van der Waals surface area contributed by atoms with Crippen LogP contribution in [-0.4, -0.2) is 43.8 Å². The molecule has 0 aromatic rings. The molecule has 36 heavy (non-hydrogen) atoms. The predicted octanol–water partition coefficient (Wildman–Crippen LogP) is 6.45. The van der Waals surface area contributed by atoms with Crippen molar-refractivity contribution < 1.29 is 33.3 Å². The van der Waals surface area contributed by atoms with E-state index < -0.39 is 0 Å². The summed E-state index contributed by atoms with van der Waals surface area (Å²) in [5.74, 6) is 0.155. The van der Waals surface area contributed by atoms with Gasteiger partial charge in [-0.2, -0.15) is 0 Å². The van der Waals surface area contributed by atoms with Crippen LogP contribution in [0.3, 0.4) is 0 Å². The third-order valence-electron chi connectivity index (χ3n) is 6.69.